The summed E-state index contributed by atoms with van der Waals surface area (Å²) in [4.78, 5) is 0. The zero-order valence-electron chi connectivity index (χ0n) is 19.8. The molecule has 0 unspecified atom stereocenters. The zero-order valence-corrected chi connectivity index (χ0v) is 23.1. The molecule has 0 amide bonds. The molecule has 2 aliphatic rings. The van der Waals surface area contributed by atoms with Crippen molar-refractivity contribution < 1.29 is 39.8 Å². The molecule has 0 spiro atoms. The first-order chi connectivity index (χ1) is 13.5. The molecule has 2 aliphatic carbocycles. The average Bonchev–Trinajstić information content (AvgIpc) is 3.39. The maximum atomic E-state index is 12.3. The monoisotopic (exact) mass is 504 g/mol. The Kier molecular flexibility index (Phi) is 24.2. The number of hydrogen-bond donors (Lipinski definition) is 0. The van der Waals surface area contributed by atoms with Gasteiger partial charge >= 0.3 is 26.2 Å². The molecular formula is C24H47O3PZr+2. The summed E-state index contributed by atoms with van der Waals surface area (Å²) in [6.45, 7) is 12.6. The minimum absolute atomic E-state index is 0. The van der Waals surface area contributed by atoms with Gasteiger partial charge in [-0.25, -0.2) is 0 Å². The van der Waals surface area contributed by atoms with Gasteiger partial charge in [0.25, 0.3) is 0 Å². The van der Waals surface area contributed by atoms with Gasteiger partial charge < -0.3 is 21.8 Å². The second kappa shape index (κ2) is 22.0. The van der Waals surface area contributed by atoms with E-state index in [0.717, 1.165) is 24.8 Å². The Hall–Kier alpha value is 0.773. The molecule has 0 saturated heterocycles. The van der Waals surface area contributed by atoms with Crippen molar-refractivity contribution >= 4 is 7.60 Å². The van der Waals surface area contributed by atoms with E-state index in [1.165, 1.54) is 64.2 Å². The third-order valence-electron chi connectivity index (χ3n) is 4.95. The van der Waals surface area contributed by atoms with Gasteiger partial charge in [0.05, 0.1) is 13.2 Å². The summed E-state index contributed by atoms with van der Waals surface area (Å²) in [7, 11) is -3.18. The van der Waals surface area contributed by atoms with Crippen LogP contribution < -0.4 is 0 Å². The van der Waals surface area contributed by atoms with E-state index >= 15 is 0 Å². The Bertz CT molecular complexity index is 381. The summed E-state index contributed by atoms with van der Waals surface area (Å²) in [6, 6.07) is 0. The molecular weight excluding hydrogens is 458 g/mol. The van der Waals surface area contributed by atoms with Crippen molar-refractivity contribution in [1.82, 2.24) is 0 Å². The van der Waals surface area contributed by atoms with Crippen LogP contribution in [-0.2, 0) is 39.8 Å². The molecule has 0 heterocycles. The predicted molar refractivity (Wildman–Crippen MR) is 122 cm³/mol. The summed E-state index contributed by atoms with van der Waals surface area (Å²) >= 11 is 0. The van der Waals surface area contributed by atoms with E-state index in [4.69, 9.17) is 9.05 Å². The van der Waals surface area contributed by atoms with Gasteiger partial charge in [0.2, 0.25) is 0 Å². The molecule has 0 bridgehead atoms. The van der Waals surface area contributed by atoms with E-state index in [0.29, 0.717) is 25.6 Å². The van der Waals surface area contributed by atoms with Crippen LogP contribution in [0.4, 0.5) is 0 Å². The maximum absolute atomic E-state index is 12.3. The number of hydrogen-bond acceptors (Lipinski definition) is 3. The van der Waals surface area contributed by atoms with Gasteiger partial charge in [-0.1, -0.05) is 97.3 Å². The molecule has 3 nitrogen and oxygen atoms in total. The Labute approximate surface area is 201 Å². The van der Waals surface area contributed by atoms with Crippen LogP contribution in [0.15, 0.2) is 5.57 Å². The summed E-state index contributed by atoms with van der Waals surface area (Å²) in [5, 5.41) is 0. The Balaban J connectivity index is 0. The van der Waals surface area contributed by atoms with E-state index in [9.17, 15) is 4.57 Å². The minimum Gasteiger partial charge on any atom is -0.374 e. The van der Waals surface area contributed by atoms with E-state index < -0.39 is 7.60 Å². The second-order valence-electron chi connectivity index (χ2n) is 8.12. The van der Waals surface area contributed by atoms with E-state index in [2.05, 4.69) is 26.6 Å². The van der Waals surface area contributed by atoms with Crippen molar-refractivity contribution in [2.24, 2.45) is 5.92 Å². The Morgan fingerprint density at radius 3 is 1.55 bits per heavy atom. The van der Waals surface area contributed by atoms with Crippen molar-refractivity contribution in [2.75, 3.05) is 13.2 Å². The van der Waals surface area contributed by atoms with Crippen molar-refractivity contribution in [3.8, 4) is 0 Å². The molecule has 2 saturated carbocycles. The van der Waals surface area contributed by atoms with Crippen LogP contribution in [0, 0.1) is 18.7 Å². The van der Waals surface area contributed by atoms with Crippen LogP contribution in [-0.4, -0.2) is 13.2 Å². The fourth-order valence-corrected chi connectivity index (χ4v) is 4.86. The van der Waals surface area contributed by atoms with Gasteiger partial charge in [0, 0.05) is 0 Å². The van der Waals surface area contributed by atoms with Gasteiger partial charge in [0.15, 0.2) is 7.60 Å². The Morgan fingerprint density at radius 1 is 0.897 bits per heavy atom. The van der Waals surface area contributed by atoms with Gasteiger partial charge in [-0.05, 0) is 19.8 Å². The molecule has 0 aliphatic heterocycles. The molecule has 5 heteroatoms. The standard InChI is InChI=1S/C14H27O3P.2C5H10.Zr/c1-6-14(11-9-10-13(4)5)12-18(15,16-7-2)17-8-3;2*1-2-4-5-3-1;/h13H,1,6-11H2,2-5H3;2*1-5H2;/q-2;;;+4. The van der Waals surface area contributed by atoms with Crippen molar-refractivity contribution in [3.05, 3.63) is 18.3 Å². The number of rotatable bonds is 10. The fourth-order valence-electron chi connectivity index (χ4n) is 3.36. The molecule has 29 heavy (non-hydrogen) atoms. The van der Waals surface area contributed by atoms with Crippen LogP contribution in [0.2, 0.25) is 0 Å². The van der Waals surface area contributed by atoms with Crippen LogP contribution in [0.3, 0.4) is 0 Å². The maximum Gasteiger partial charge on any atom is 4.00 e. The van der Waals surface area contributed by atoms with Crippen molar-refractivity contribution in [1.29, 1.82) is 0 Å². The first-order valence-corrected chi connectivity index (χ1v) is 13.3. The molecule has 0 aromatic rings. The van der Waals surface area contributed by atoms with Crippen molar-refractivity contribution in [2.45, 2.75) is 118 Å². The van der Waals surface area contributed by atoms with Crippen LogP contribution in [0.5, 0.6) is 0 Å². The average molecular weight is 506 g/mol. The van der Waals surface area contributed by atoms with E-state index in [1.807, 2.05) is 0 Å². The number of allylic oxidation sites excluding steroid dienone is 1. The Morgan fingerprint density at radius 2 is 1.28 bits per heavy atom. The van der Waals surface area contributed by atoms with E-state index in [-0.39, 0.29) is 26.2 Å². The fraction of sp³-hybridized carbons (Fsp3) is 0.875. The third-order valence-corrected chi connectivity index (χ3v) is 6.74. The molecule has 0 atom stereocenters. The molecule has 0 aromatic heterocycles. The summed E-state index contributed by atoms with van der Waals surface area (Å²) in [6.07, 6.45) is 18.7. The van der Waals surface area contributed by atoms with Crippen molar-refractivity contribution in [3.63, 3.8) is 0 Å². The van der Waals surface area contributed by atoms with Gasteiger partial charge in [-0.15, -0.1) is 0 Å². The molecule has 2 rings (SSSR count). The molecule has 0 radical (unpaired) electrons. The molecule has 0 aromatic carbocycles. The topological polar surface area (TPSA) is 35.5 Å². The van der Waals surface area contributed by atoms with Gasteiger partial charge in [-0.2, -0.15) is 6.42 Å². The first-order valence-electron chi connectivity index (χ1n) is 11.8. The zero-order chi connectivity index (χ0) is 21.1. The van der Waals surface area contributed by atoms with Gasteiger partial charge in [0.1, 0.15) is 0 Å². The molecule has 0 N–H and O–H groups in total. The van der Waals surface area contributed by atoms with Crippen LogP contribution in [0.25, 0.3) is 0 Å². The second-order valence-corrected chi connectivity index (χ2v) is 9.85. The summed E-state index contributed by atoms with van der Waals surface area (Å²) < 4.78 is 22.7. The molecule has 168 valence electrons. The molecule has 2 fully saturated rings. The normalized spacial score (nSPS) is 16.6. The SMILES string of the molecule is C1CCCC1.C1CCCC1.[CH2-]CC(=[C-]P(=O)(OCC)OCC)CCCC(C)C.[Zr+4]. The van der Waals surface area contributed by atoms with E-state index in [1.54, 1.807) is 13.8 Å². The third kappa shape index (κ3) is 20.4. The smallest absolute Gasteiger partial charge is 0.374 e. The van der Waals surface area contributed by atoms with Crippen LogP contribution in [0.1, 0.15) is 118 Å². The van der Waals surface area contributed by atoms with Gasteiger partial charge in [-0.3, -0.25) is 10.1 Å². The summed E-state index contributed by atoms with van der Waals surface area (Å²) in [5.41, 5.74) is 0.945. The first kappa shape index (κ1) is 32.0. The minimum atomic E-state index is -3.18. The summed E-state index contributed by atoms with van der Waals surface area (Å²) in [5.74, 6) is 3.60. The quantitative estimate of drug-likeness (QED) is 0.220. The largest absolute Gasteiger partial charge is 4.00 e. The predicted octanol–water partition coefficient (Wildman–Crippen LogP) is 8.89. The van der Waals surface area contributed by atoms with Crippen LogP contribution >= 0.6 is 7.60 Å².